The second-order valence-corrected chi connectivity index (χ2v) is 8.17. The summed E-state index contributed by atoms with van der Waals surface area (Å²) < 4.78 is 1.99. The Morgan fingerprint density at radius 2 is 1.81 bits per heavy atom. The van der Waals surface area contributed by atoms with Crippen molar-refractivity contribution in [2.45, 2.75) is 19.1 Å². The lowest BCUT2D eigenvalue weighted by atomic mass is 10.1. The average Bonchev–Trinajstić information content (AvgIpc) is 3.14. The number of hydrogen-bond donors (Lipinski definition) is 2. The van der Waals surface area contributed by atoms with Crippen molar-refractivity contribution in [3.63, 3.8) is 0 Å². The van der Waals surface area contributed by atoms with E-state index < -0.39 is 0 Å². The van der Waals surface area contributed by atoms with Crippen molar-refractivity contribution >= 4 is 22.8 Å². The Labute approximate surface area is 188 Å². The fourth-order valence-electron chi connectivity index (χ4n) is 4.24. The summed E-state index contributed by atoms with van der Waals surface area (Å²) in [7, 11) is 3.59. The summed E-state index contributed by atoms with van der Waals surface area (Å²) in [6.07, 6.45) is 0. The predicted molar refractivity (Wildman–Crippen MR) is 124 cm³/mol. The van der Waals surface area contributed by atoms with Crippen LogP contribution in [0.1, 0.15) is 11.4 Å². The van der Waals surface area contributed by atoms with E-state index >= 15 is 0 Å². The van der Waals surface area contributed by atoms with Crippen LogP contribution >= 0.6 is 0 Å². The van der Waals surface area contributed by atoms with Gasteiger partial charge in [-0.15, -0.1) is 0 Å². The molecule has 0 saturated carbocycles. The number of rotatable bonds is 7. The van der Waals surface area contributed by atoms with Gasteiger partial charge in [-0.25, -0.2) is 4.98 Å². The van der Waals surface area contributed by atoms with E-state index in [1.165, 1.54) is 5.56 Å². The SMILES string of the molecule is CNC(=O)C1CN(Cc2ccccc2)CCN1CC(=O)NCc1nc2ccccc2n1C. The Morgan fingerprint density at radius 3 is 2.56 bits per heavy atom. The lowest BCUT2D eigenvalue weighted by molar-refractivity contribution is -0.131. The second-order valence-electron chi connectivity index (χ2n) is 8.17. The van der Waals surface area contributed by atoms with E-state index in [0.29, 0.717) is 19.6 Å². The maximum atomic E-state index is 12.7. The third-order valence-electron chi connectivity index (χ3n) is 6.04. The molecule has 32 heavy (non-hydrogen) atoms. The number of aryl methyl sites for hydroxylation is 1. The summed E-state index contributed by atoms with van der Waals surface area (Å²) in [6, 6.07) is 17.8. The molecule has 168 valence electrons. The Morgan fingerprint density at radius 1 is 1.06 bits per heavy atom. The molecule has 0 radical (unpaired) electrons. The summed E-state index contributed by atoms with van der Waals surface area (Å²) in [6.45, 7) is 3.38. The normalized spacial score (nSPS) is 17.4. The van der Waals surface area contributed by atoms with Crippen molar-refractivity contribution in [2.75, 3.05) is 33.2 Å². The van der Waals surface area contributed by atoms with Gasteiger partial charge < -0.3 is 15.2 Å². The van der Waals surface area contributed by atoms with E-state index in [2.05, 4.69) is 32.7 Å². The molecule has 8 heteroatoms. The highest BCUT2D eigenvalue weighted by Crippen LogP contribution is 2.15. The number of fused-ring (bicyclic) bond motifs is 1. The van der Waals surface area contributed by atoms with Crippen LogP contribution in [0.25, 0.3) is 11.0 Å². The fourth-order valence-corrected chi connectivity index (χ4v) is 4.24. The third-order valence-corrected chi connectivity index (χ3v) is 6.04. The highest BCUT2D eigenvalue weighted by Gasteiger charge is 2.32. The summed E-state index contributed by atoms with van der Waals surface area (Å²) >= 11 is 0. The minimum atomic E-state index is -0.362. The molecule has 1 aromatic heterocycles. The smallest absolute Gasteiger partial charge is 0.238 e. The molecule has 2 heterocycles. The van der Waals surface area contributed by atoms with Crippen LogP contribution in [0, 0.1) is 0 Å². The maximum absolute atomic E-state index is 12.7. The Bertz CT molecular complexity index is 1080. The van der Waals surface area contributed by atoms with Crippen LogP contribution in [0.15, 0.2) is 54.6 Å². The van der Waals surface area contributed by atoms with Crippen LogP contribution in [0.5, 0.6) is 0 Å². The van der Waals surface area contributed by atoms with E-state index in [9.17, 15) is 9.59 Å². The van der Waals surface area contributed by atoms with Gasteiger partial charge in [-0.05, 0) is 17.7 Å². The molecule has 2 N–H and O–H groups in total. The highest BCUT2D eigenvalue weighted by molar-refractivity contribution is 5.84. The minimum absolute atomic E-state index is 0.0640. The zero-order valence-corrected chi connectivity index (χ0v) is 18.6. The Hall–Kier alpha value is -3.23. The van der Waals surface area contributed by atoms with Gasteiger partial charge >= 0.3 is 0 Å². The van der Waals surface area contributed by atoms with Gasteiger partial charge in [0, 0.05) is 40.3 Å². The van der Waals surface area contributed by atoms with Crippen molar-refractivity contribution in [3.05, 3.63) is 66.0 Å². The van der Waals surface area contributed by atoms with E-state index in [1.54, 1.807) is 7.05 Å². The first-order valence-corrected chi connectivity index (χ1v) is 10.9. The average molecular weight is 435 g/mol. The van der Waals surface area contributed by atoms with Crippen molar-refractivity contribution in [1.82, 2.24) is 30.0 Å². The molecule has 4 rings (SSSR count). The van der Waals surface area contributed by atoms with Crippen LogP contribution < -0.4 is 10.6 Å². The third kappa shape index (κ3) is 4.98. The second kappa shape index (κ2) is 9.93. The number of nitrogens with zero attached hydrogens (tertiary/aromatic N) is 4. The lowest BCUT2D eigenvalue weighted by Crippen LogP contribution is -2.60. The molecule has 1 atom stereocenters. The van der Waals surface area contributed by atoms with Gasteiger partial charge in [0.05, 0.1) is 24.1 Å². The van der Waals surface area contributed by atoms with Crippen LogP contribution in [0.3, 0.4) is 0 Å². The van der Waals surface area contributed by atoms with Gasteiger partial charge in [0.15, 0.2) is 0 Å². The van der Waals surface area contributed by atoms with Crippen LogP contribution in [-0.2, 0) is 29.7 Å². The Balaban J connectivity index is 1.35. The quantitative estimate of drug-likeness (QED) is 0.583. The van der Waals surface area contributed by atoms with Crippen molar-refractivity contribution in [2.24, 2.45) is 7.05 Å². The van der Waals surface area contributed by atoms with E-state index in [1.807, 2.05) is 59.0 Å². The first kappa shape index (κ1) is 22.0. The number of imidazole rings is 1. The number of piperazine rings is 1. The van der Waals surface area contributed by atoms with Gasteiger partial charge in [0.1, 0.15) is 11.9 Å². The number of aromatic nitrogens is 2. The highest BCUT2D eigenvalue weighted by atomic mass is 16.2. The molecule has 1 aliphatic rings. The first-order chi connectivity index (χ1) is 15.5. The molecule has 0 bridgehead atoms. The lowest BCUT2D eigenvalue weighted by Gasteiger charge is -2.40. The van der Waals surface area contributed by atoms with Crippen molar-refractivity contribution in [3.8, 4) is 0 Å². The first-order valence-electron chi connectivity index (χ1n) is 10.9. The monoisotopic (exact) mass is 434 g/mol. The zero-order chi connectivity index (χ0) is 22.5. The van der Waals surface area contributed by atoms with Gasteiger partial charge in [-0.2, -0.15) is 0 Å². The molecule has 1 fully saturated rings. The fraction of sp³-hybridized carbons (Fsp3) is 0.375. The molecule has 8 nitrogen and oxygen atoms in total. The number of hydrogen-bond acceptors (Lipinski definition) is 5. The Kier molecular flexibility index (Phi) is 6.82. The summed E-state index contributed by atoms with van der Waals surface area (Å²) in [5.74, 6) is 0.628. The van der Waals surface area contributed by atoms with Gasteiger partial charge in [-0.1, -0.05) is 42.5 Å². The minimum Gasteiger partial charge on any atom is -0.358 e. The molecule has 2 amide bonds. The molecule has 1 saturated heterocycles. The summed E-state index contributed by atoms with van der Waals surface area (Å²) in [5, 5.41) is 5.72. The standard InChI is InChI=1S/C24H30N6O2/c1-25-24(32)21-16-29(15-18-8-4-3-5-9-18)12-13-30(21)17-23(31)26-14-22-27-19-10-6-7-11-20(19)28(22)2/h3-11,21H,12-17H2,1-2H3,(H,25,32)(H,26,31). The number of likely N-dealkylation sites (N-methyl/N-ethyl adjacent to an activating group) is 1. The number of para-hydroxylation sites is 2. The molecule has 0 aliphatic carbocycles. The zero-order valence-electron chi connectivity index (χ0n) is 18.6. The van der Waals surface area contributed by atoms with E-state index in [4.69, 9.17) is 0 Å². The van der Waals surface area contributed by atoms with Crippen LogP contribution in [0.2, 0.25) is 0 Å². The maximum Gasteiger partial charge on any atom is 0.238 e. The van der Waals surface area contributed by atoms with Crippen molar-refractivity contribution < 1.29 is 9.59 Å². The van der Waals surface area contributed by atoms with Crippen LogP contribution in [0.4, 0.5) is 0 Å². The van der Waals surface area contributed by atoms with E-state index in [-0.39, 0.29) is 24.4 Å². The topological polar surface area (TPSA) is 82.5 Å². The largest absolute Gasteiger partial charge is 0.358 e. The number of nitrogens with one attached hydrogen (secondary N) is 2. The molecule has 0 spiro atoms. The van der Waals surface area contributed by atoms with Gasteiger partial charge in [0.2, 0.25) is 11.8 Å². The van der Waals surface area contributed by atoms with Crippen LogP contribution in [-0.4, -0.2) is 70.4 Å². The van der Waals surface area contributed by atoms with Gasteiger partial charge in [-0.3, -0.25) is 19.4 Å². The predicted octanol–water partition coefficient (Wildman–Crippen LogP) is 1.12. The molecular weight excluding hydrogens is 404 g/mol. The number of carbonyl (C=O) groups is 2. The molecule has 1 aliphatic heterocycles. The number of amides is 2. The summed E-state index contributed by atoms with van der Waals surface area (Å²) in [4.78, 5) is 34.1. The van der Waals surface area contributed by atoms with E-state index in [0.717, 1.165) is 29.9 Å². The molecule has 2 aromatic carbocycles. The number of carbonyl (C=O) groups excluding carboxylic acids is 2. The molecule has 3 aromatic rings. The van der Waals surface area contributed by atoms with Gasteiger partial charge in [0.25, 0.3) is 0 Å². The molecule has 1 unspecified atom stereocenters. The molecular formula is C24H30N6O2. The number of benzene rings is 2. The summed E-state index contributed by atoms with van der Waals surface area (Å²) in [5.41, 5.74) is 3.16. The van der Waals surface area contributed by atoms with Crippen molar-refractivity contribution in [1.29, 1.82) is 0 Å².